The number of hydrogen-bond donors (Lipinski definition) is 2. The summed E-state index contributed by atoms with van der Waals surface area (Å²) in [5, 5.41) is 6.92. The standard InChI is InChI=1S/C29H39N3O3/c1-28-12-10-24-22(18-30-26-17-21(33)9-11-29(24,26)2)23(28)7-8-25(28)27(34)31-19-3-5-20(6-4-19)32-13-15-35-16-14-32/h3-6,17,22-25,30H,7-16,18H2,1-2H3,(H,31,34)/t22-,23-,24-,25+,28-,29+/m0/s1. The summed E-state index contributed by atoms with van der Waals surface area (Å²) in [6.45, 7) is 9.06. The molecule has 2 aliphatic heterocycles. The molecule has 6 nitrogen and oxygen atoms in total. The maximum absolute atomic E-state index is 13.5. The molecule has 0 aromatic heterocycles. The number of piperidine rings is 1. The van der Waals surface area contributed by atoms with Crippen molar-refractivity contribution >= 4 is 23.1 Å². The number of benzene rings is 1. The zero-order chi connectivity index (χ0) is 24.2. The molecule has 3 aliphatic carbocycles. The van der Waals surface area contributed by atoms with Crippen LogP contribution in [0.5, 0.6) is 0 Å². The third-order valence-corrected chi connectivity index (χ3v) is 10.4. The number of allylic oxidation sites excluding steroid dienone is 2. The highest BCUT2D eigenvalue weighted by atomic mass is 16.5. The molecule has 4 fully saturated rings. The number of nitrogens with zero attached hydrogens (tertiary/aromatic N) is 1. The summed E-state index contributed by atoms with van der Waals surface area (Å²) in [6.07, 6.45) is 7.86. The Bertz CT molecular complexity index is 1030. The summed E-state index contributed by atoms with van der Waals surface area (Å²) in [4.78, 5) is 27.9. The third-order valence-electron chi connectivity index (χ3n) is 10.4. The van der Waals surface area contributed by atoms with Gasteiger partial charge in [0.2, 0.25) is 5.91 Å². The quantitative estimate of drug-likeness (QED) is 0.676. The average molecular weight is 478 g/mol. The monoisotopic (exact) mass is 477 g/mol. The van der Waals surface area contributed by atoms with E-state index in [0.29, 0.717) is 24.2 Å². The smallest absolute Gasteiger partial charge is 0.228 e. The van der Waals surface area contributed by atoms with E-state index >= 15 is 0 Å². The van der Waals surface area contributed by atoms with Crippen molar-refractivity contribution in [2.45, 2.75) is 52.4 Å². The molecule has 2 heterocycles. The fourth-order valence-electron chi connectivity index (χ4n) is 8.38. The predicted molar refractivity (Wildman–Crippen MR) is 137 cm³/mol. The van der Waals surface area contributed by atoms with Gasteiger partial charge in [-0.3, -0.25) is 9.59 Å². The van der Waals surface area contributed by atoms with E-state index in [1.807, 2.05) is 18.2 Å². The van der Waals surface area contributed by atoms with Crippen molar-refractivity contribution in [1.29, 1.82) is 0 Å². The first-order valence-electron chi connectivity index (χ1n) is 13.6. The van der Waals surface area contributed by atoms with Gasteiger partial charge in [-0.25, -0.2) is 0 Å². The summed E-state index contributed by atoms with van der Waals surface area (Å²) in [5.41, 5.74) is 3.38. The van der Waals surface area contributed by atoms with Crippen molar-refractivity contribution in [3.05, 3.63) is 36.0 Å². The van der Waals surface area contributed by atoms with Crippen molar-refractivity contribution in [2.75, 3.05) is 43.1 Å². The number of amides is 1. The topological polar surface area (TPSA) is 70.7 Å². The number of rotatable bonds is 3. The zero-order valence-corrected chi connectivity index (χ0v) is 21.1. The van der Waals surface area contributed by atoms with Gasteiger partial charge in [0.15, 0.2) is 5.78 Å². The lowest BCUT2D eigenvalue weighted by molar-refractivity contribution is -0.127. The van der Waals surface area contributed by atoms with E-state index in [4.69, 9.17) is 4.74 Å². The van der Waals surface area contributed by atoms with Crippen molar-refractivity contribution in [3.8, 4) is 0 Å². The van der Waals surface area contributed by atoms with E-state index in [1.165, 1.54) is 11.4 Å². The second-order valence-electron chi connectivity index (χ2n) is 12.0. The summed E-state index contributed by atoms with van der Waals surface area (Å²) < 4.78 is 5.46. The normalized spacial score (nSPS) is 38.5. The predicted octanol–water partition coefficient (Wildman–Crippen LogP) is 4.38. The Morgan fingerprint density at radius 2 is 1.83 bits per heavy atom. The number of morpholine rings is 1. The number of hydrogen-bond acceptors (Lipinski definition) is 5. The van der Waals surface area contributed by atoms with Crippen LogP contribution in [0.15, 0.2) is 36.0 Å². The first kappa shape index (κ1) is 23.1. The molecule has 5 aliphatic rings. The molecule has 2 saturated heterocycles. The Morgan fingerprint density at radius 3 is 2.60 bits per heavy atom. The number of carbonyl (C=O) groups is 2. The van der Waals surface area contributed by atoms with Gasteiger partial charge in [-0.05, 0) is 79.5 Å². The van der Waals surface area contributed by atoms with E-state index in [-0.39, 0.29) is 28.4 Å². The van der Waals surface area contributed by atoms with Crippen molar-refractivity contribution in [3.63, 3.8) is 0 Å². The van der Waals surface area contributed by atoms with Crippen molar-refractivity contribution in [1.82, 2.24) is 5.32 Å². The largest absolute Gasteiger partial charge is 0.387 e. The van der Waals surface area contributed by atoms with Crippen LogP contribution in [0.4, 0.5) is 11.4 Å². The van der Waals surface area contributed by atoms with Gasteiger partial charge in [-0.15, -0.1) is 0 Å². The maximum atomic E-state index is 13.5. The molecular formula is C29H39N3O3. The molecular weight excluding hydrogens is 438 g/mol. The second-order valence-corrected chi connectivity index (χ2v) is 12.0. The Kier molecular flexibility index (Phi) is 5.70. The molecule has 0 radical (unpaired) electrons. The Balaban J connectivity index is 1.15. The molecule has 1 aromatic carbocycles. The van der Waals surface area contributed by atoms with Gasteiger partial charge >= 0.3 is 0 Å². The van der Waals surface area contributed by atoms with Crippen molar-refractivity contribution in [2.24, 2.45) is 34.5 Å². The minimum Gasteiger partial charge on any atom is -0.387 e. The van der Waals surface area contributed by atoms with Gasteiger partial charge in [-0.2, -0.15) is 0 Å². The molecule has 2 saturated carbocycles. The minimum atomic E-state index is 0.0444. The molecule has 6 rings (SSSR count). The van der Waals surface area contributed by atoms with Crippen molar-refractivity contribution < 1.29 is 14.3 Å². The van der Waals surface area contributed by atoms with Crippen LogP contribution in [0.3, 0.4) is 0 Å². The van der Waals surface area contributed by atoms with E-state index in [1.54, 1.807) is 0 Å². The summed E-state index contributed by atoms with van der Waals surface area (Å²) in [5.74, 6) is 2.26. The van der Waals surface area contributed by atoms with Gasteiger partial charge in [0.1, 0.15) is 0 Å². The van der Waals surface area contributed by atoms with Crippen LogP contribution in [0.1, 0.15) is 52.4 Å². The fraction of sp³-hybridized carbons (Fsp3) is 0.655. The lowest BCUT2D eigenvalue weighted by Crippen LogP contribution is -2.57. The molecule has 35 heavy (non-hydrogen) atoms. The van der Waals surface area contributed by atoms with Gasteiger partial charge in [-0.1, -0.05) is 13.8 Å². The first-order chi connectivity index (χ1) is 16.9. The zero-order valence-electron chi connectivity index (χ0n) is 21.1. The SMILES string of the molecule is C[C@]12CC[C@H]3[C@@H](CNC4=CC(=O)CC[C@@]43C)[C@@H]1CC[C@@H]2C(=O)Nc1ccc(N2CCOCC2)cc1. The van der Waals surface area contributed by atoms with Gasteiger partial charge < -0.3 is 20.3 Å². The van der Waals surface area contributed by atoms with Gasteiger partial charge in [0.05, 0.1) is 13.2 Å². The summed E-state index contributed by atoms with van der Waals surface area (Å²) in [6, 6.07) is 8.30. The van der Waals surface area contributed by atoms with Crippen LogP contribution in [0.2, 0.25) is 0 Å². The molecule has 0 bridgehead atoms. The molecule has 1 amide bonds. The minimum absolute atomic E-state index is 0.0444. The molecule has 6 heteroatoms. The number of ether oxygens (including phenoxy) is 1. The van der Waals surface area contributed by atoms with Crippen LogP contribution in [-0.2, 0) is 14.3 Å². The molecule has 188 valence electrons. The molecule has 1 aromatic rings. The molecule has 0 unspecified atom stereocenters. The number of nitrogens with one attached hydrogen (secondary N) is 2. The van der Waals surface area contributed by atoms with Crippen LogP contribution in [0.25, 0.3) is 0 Å². The molecule has 2 N–H and O–H groups in total. The van der Waals surface area contributed by atoms with Crippen LogP contribution in [0, 0.1) is 34.5 Å². The highest BCUT2D eigenvalue weighted by Gasteiger charge is 2.60. The van der Waals surface area contributed by atoms with E-state index in [9.17, 15) is 9.59 Å². The molecule has 0 spiro atoms. The van der Waals surface area contributed by atoms with E-state index in [0.717, 1.165) is 70.6 Å². The number of anilines is 2. The van der Waals surface area contributed by atoms with Crippen LogP contribution in [-0.4, -0.2) is 44.5 Å². The average Bonchev–Trinajstić information content (AvgIpc) is 3.23. The third kappa shape index (κ3) is 3.80. The fourth-order valence-corrected chi connectivity index (χ4v) is 8.38. The molecule has 6 atom stereocenters. The number of fused-ring (bicyclic) bond motifs is 5. The van der Waals surface area contributed by atoms with E-state index in [2.05, 4.69) is 41.5 Å². The highest BCUT2D eigenvalue weighted by Crippen LogP contribution is 2.64. The lowest BCUT2D eigenvalue weighted by Gasteiger charge is -2.58. The number of carbonyl (C=O) groups excluding carboxylic acids is 2. The Morgan fingerprint density at radius 1 is 1.06 bits per heavy atom. The van der Waals surface area contributed by atoms with E-state index < -0.39 is 0 Å². The second kappa shape index (κ2) is 8.65. The van der Waals surface area contributed by atoms with Gasteiger partial charge in [0.25, 0.3) is 0 Å². The maximum Gasteiger partial charge on any atom is 0.228 e. The first-order valence-corrected chi connectivity index (χ1v) is 13.6. The Labute approximate surface area is 208 Å². The number of ketones is 1. The summed E-state index contributed by atoms with van der Waals surface area (Å²) >= 11 is 0. The highest BCUT2D eigenvalue weighted by molar-refractivity contribution is 5.93. The summed E-state index contributed by atoms with van der Waals surface area (Å²) in [7, 11) is 0. The lowest BCUT2D eigenvalue weighted by atomic mass is 9.50. The van der Waals surface area contributed by atoms with Gasteiger partial charge in [0, 0.05) is 60.5 Å². The van der Waals surface area contributed by atoms with Crippen LogP contribution < -0.4 is 15.5 Å². The Hall–Kier alpha value is -2.34. The van der Waals surface area contributed by atoms with Crippen LogP contribution >= 0.6 is 0 Å².